The van der Waals surface area contributed by atoms with E-state index in [-0.39, 0.29) is 30.5 Å². The van der Waals surface area contributed by atoms with E-state index in [1.165, 1.54) is 11.9 Å². The highest BCUT2D eigenvalue weighted by Gasteiger charge is 2.37. The van der Waals surface area contributed by atoms with Crippen molar-refractivity contribution in [3.8, 4) is 0 Å². The first-order valence-corrected chi connectivity index (χ1v) is 13.3. The van der Waals surface area contributed by atoms with E-state index in [9.17, 15) is 31.1 Å². The van der Waals surface area contributed by atoms with Crippen LogP contribution in [0.15, 0.2) is 48.5 Å². The van der Waals surface area contributed by atoms with Crippen LogP contribution < -0.4 is 0 Å². The summed E-state index contributed by atoms with van der Waals surface area (Å²) in [5.41, 5.74) is -2.17. The zero-order valence-corrected chi connectivity index (χ0v) is 22.6. The van der Waals surface area contributed by atoms with Crippen molar-refractivity contribution in [2.45, 2.75) is 24.8 Å². The van der Waals surface area contributed by atoms with Crippen molar-refractivity contribution in [2.24, 2.45) is 0 Å². The van der Waals surface area contributed by atoms with Crippen molar-refractivity contribution in [3.05, 3.63) is 70.8 Å². The number of piperazine rings is 1. The number of carbonyl (C=O) groups is 1. The standard InChI is InChI=1S/C28H33F6N5O2/c1-36(8-7-20-17-22(27(29,30)31)19-23(18-20)28(32,33)34)25(40)24(21-5-3-2-4-6-21)37-9-11-38(12-10-37)26(35)39-13-15-41-16-14-39/h2-6,17-19,24,35H,7-16H2,1H3. The fourth-order valence-corrected chi connectivity index (χ4v) is 5.09. The molecule has 2 heterocycles. The number of hydrogen-bond donors (Lipinski definition) is 1. The first-order valence-electron chi connectivity index (χ1n) is 13.3. The number of morpholine rings is 1. The van der Waals surface area contributed by atoms with Gasteiger partial charge < -0.3 is 19.4 Å². The third-order valence-corrected chi connectivity index (χ3v) is 7.40. The fraction of sp³-hybridized carbons (Fsp3) is 0.500. The van der Waals surface area contributed by atoms with Crippen LogP contribution in [0.25, 0.3) is 0 Å². The van der Waals surface area contributed by atoms with Gasteiger partial charge in [-0.25, -0.2) is 0 Å². The van der Waals surface area contributed by atoms with Gasteiger partial charge in [0.05, 0.1) is 24.3 Å². The number of likely N-dealkylation sites (N-methyl/N-ethyl adjacent to an activating group) is 1. The molecule has 41 heavy (non-hydrogen) atoms. The van der Waals surface area contributed by atoms with E-state index in [1.54, 1.807) is 12.1 Å². The molecule has 1 amide bonds. The van der Waals surface area contributed by atoms with E-state index in [4.69, 9.17) is 10.1 Å². The van der Waals surface area contributed by atoms with Gasteiger partial charge in [-0.15, -0.1) is 0 Å². The lowest BCUT2D eigenvalue weighted by Crippen LogP contribution is -2.56. The van der Waals surface area contributed by atoms with Crippen LogP contribution in [0.3, 0.4) is 0 Å². The largest absolute Gasteiger partial charge is 0.416 e. The zero-order chi connectivity index (χ0) is 29.8. The van der Waals surface area contributed by atoms with E-state index < -0.39 is 29.5 Å². The summed E-state index contributed by atoms with van der Waals surface area (Å²) in [6.45, 7) is 4.40. The van der Waals surface area contributed by atoms with Gasteiger partial charge in [0.25, 0.3) is 0 Å². The number of carbonyl (C=O) groups excluding carboxylic acids is 1. The Bertz CT molecular complexity index is 1160. The highest BCUT2D eigenvalue weighted by atomic mass is 19.4. The Hall–Kier alpha value is -3.32. The average molecular weight is 586 g/mol. The molecule has 2 fully saturated rings. The molecule has 7 nitrogen and oxygen atoms in total. The second kappa shape index (κ2) is 12.7. The Kier molecular flexibility index (Phi) is 9.48. The predicted molar refractivity (Wildman–Crippen MR) is 140 cm³/mol. The van der Waals surface area contributed by atoms with Gasteiger partial charge in [-0.3, -0.25) is 15.1 Å². The van der Waals surface area contributed by atoms with E-state index in [1.807, 2.05) is 32.9 Å². The van der Waals surface area contributed by atoms with Crippen LogP contribution in [0.2, 0.25) is 0 Å². The van der Waals surface area contributed by atoms with E-state index in [2.05, 4.69) is 0 Å². The van der Waals surface area contributed by atoms with Gasteiger partial charge in [0.15, 0.2) is 5.96 Å². The zero-order valence-electron chi connectivity index (χ0n) is 22.6. The topological polar surface area (TPSA) is 63.1 Å². The smallest absolute Gasteiger partial charge is 0.378 e. The number of benzene rings is 2. The minimum Gasteiger partial charge on any atom is -0.378 e. The van der Waals surface area contributed by atoms with Crippen LogP contribution >= 0.6 is 0 Å². The van der Waals surface area contributed by atoms with Crippen LogP contribution in [-0.2, 0) is 28.3 Å². The summed E-state index contributed by atoms with van der Waals surface area (Å²) in [4.78, 5) is 21.0. The van der Waals surface area contributed by atoms with Crippen LogP contribution in [-0.4, -0.2) is 97.5 Å². The Morgan fingerprint density at radius 3 is 1.95 bits per heavy atom. The maximum Gasteiger partial charge on any atom is 0.416 e. The summed E-state index contributed by atoms with van der Waals surface area (Å²) in [6, 6.07) is 9.89. The van der Waals surface area contributed by atoms with Gasteiger partial charge in [0, 0.05) is 52.9 Å². The first kappa shape index (κ1) is 30.6. The number of amides is 1. The van der Waals surface area contributed by atoms with Crippen LogP contribution in [0, 0.1) is 5.41 Å². The monoisotopic (exact) mass is 585 g/mol. The molecule has 2 aliphatic heterocycles. The Morgan fingerprint density at radius 1 is 0.878 bits per heavy atom. The molecule has 0 aromatic heterocycles. The first-order chi connectivity index (χ1) is 19.3. The van der Waals surface area contributed by atoms with E-state index >= 15 is 0 Å². The molecule has 0 radical (unpaired) electrons. The Labute approximate surface area is 234 Å². The van der Waals surface area contributed by atoms with Gasteiger partial charge >= 0.3 is 12.4 Å². The molecule has 0 spiro atoms. The summed E-state index contributed by atoms with van der Waals surface area (Å²) >= 11 is 0. The Balaban J connectivity index is 1.46. The number of hydrogen-bond acceptors (Lipinski definition) is 4. The molecule has 4 rings (SSSR count). The number of halogens is 6. The van der Waals surface area contributed by atoms with Crippen molar-refractivity contribution < 1.29 is 35.9 Å². The Morgan fingerprint density at radius 2 is 1.41 bits per heavy atom. The van der Waals surface area contributed by atoms with Crippen LogP contribution in [0.5, 0.6) is 0 Å². The number of alkyl halides is 6. The number of rotatable bonds is 6. The van der Waals surface area contributed by atoms with Crippen molar-refractivity contribution >= 4 is 11.9 Å². The lowest BCUT2D eigenvalue weighted by Gasteiger charge is -2.43. The average Bonchev–Trinajstić information content (AvgIpc) is 2.96. The van der Waals surface area contributed by atoms with Gasteiger partial charge in [-0.1, -0.05) is 30.3 Å². The van der Waals surface area contributed by atoms with Crippen molar-refractivity contribution in [3.63, 3.8) is 0 Å². The molecule has 13 heteroatoms. The summed E-state index contributed by atoms with van der Waals surface area (Å²) < 4.78 is 85.1. The van der Waals surface area contributed by atoms with Gasteiger partial charge in [0.2, 0.25) is 5.91 Å². The highest BCUT2D eigenvalue weighted by molar-refractivity contribution is 5.83. The molecule has 2 aromatic carbocycles. The molecular weight excluding hydrogens is 552 g/mol. The molecule has 0 saturated carbocycles. The molecule has 0 bridgehead atoms. The van der Waals surface area contributed by atoms with Gasteiger partial charge in [0.1, 0.15) is 6.04 Å². The molecule has 1 N–H and O–H groups in total. The number of nitrogens with zero attached hydrogens (tertiary/aromatic N) is 4. The van der Waals surface area contributed by atoms with Crippen molar-refractivity contribution in [2.75, 3.05) is 66.1 Å². The molecule has 2 aromatic rings. The summed E-state index contributed by atoms with van der Waals surface area (Å²) in [6.07, 6.45) is -10.0. The maximum absolute atomic E-state index is 13.7. The summed E-state index contributed by atoms with van der Waals surface area (Å²) in [7, 11) is 1.50. The number of guanidine groups is 1. The summed E-state index contributed by atoms with van der Waals surface area (Å²) in [5, 5.41) is 8.57. The molecular formula is C28H33F6N5O2. The molecule has 2 saturated heterocycles. The van der Waals surface area contributed by atoms with E-state index in [0.29, 0.717) is 70.6 Å². The minimum absolute atomic E-state index is 0.0670. The maximum atomic E-state index is 13.7. The molecule has 2 aliphatic rings. The van der Waals surface area contributed by atoms with Gasteiger partial charge in [-0.05, 0) is 35.7 Å². The van der Waals surface area contributed by atoms with Crippen molar-refractivity contribution in [1.82, 2.24) is 19.6 Å². The summed E-state index contributed by atoms with van der Waals surface area (Å²) in [5.74, 6) is 0.114. The quantitative estimate of drug-likeness (QED) is 0.311. The molecule has 0 aliphatic carbocycles. The normalized spacial score (nSPS) is 17.8. The highest BCUT2D eigenvalue weighted by Crippen LogP contribution is 2.36. The predicted octanol–water partition coefficient (Wildman–Crippen LogP) is 4.35. The lowest BCUT2D eigenvalue weighted by molar-refractivity contribution is -0.143. The third-order valence-electron chi connectivity index (χ3n) is 7.40. The fourth-order valence-electron chi connectivity index (χ4n) is 5.09. The van der Waals surface area contributed by atoms with Crippen molar-refractivity contribution in [1.29, 1.82) is 5.41 Å². The number of nitrogens with one attached hydrogen (secondary N) is 1. The lowest BCUT2D eigenvalue weighted by atomic mass is 10.0. The van der Waals surface area contributed by atoms with Crippen LogP contribution in [0.4, 0.5) is 26.3 Å². The number of ether oxygens (including phenoxy) is 1. The molecule has 1 unspecified atom stereocenters. The SMILES string of the molecule is CN(CCc1cc(C(F)(F)F)cc(C(F)(F)F)c1)C(=O)C(c1ccccc1)N1CCN(C(=N)N2CCOCC2)CC1. The van der Waals surface area contributed by atoms with Gasteiger partial charge in [-0.2, -0.15) is 26.3 Å². The second-order valence-corrected chi connectivity index (χ2v) is 10.2. The minimum atomic E-state index is -4.93. The molecule has 224 valence electrons. The van der Waals surface area contributed by atoms with E-state index in [0.717, 1.165) is 5.56 Å². The van der Waals surface area contributed by atoms with Crippen LogP contribution in [0.1, 0.15) is 28.3 Å². The molecule has 1 atom stereocenters. The third kappa shape index (κ3) is 7.70. The second-order valence-electron chi connectivity index (χ2n) is 10.2.